The summed E-state index contributed by atoms with van der Waals surface area (Å²) in [6, 6.07) is 25.0. The number of carbonyl (C=O) groups is 2. The number of benzene rings is 2. The molecule has 4 rings (SSSR count). The van der Waals surface area contributed by atoms with E-state index in [1.165, 1.54) is 0 Å². The monoisotopic (exact) mass is 398 g/mol. The van der Waals surface area contributed by atoms with Crippen LogP contribution >= 0.6 is 0 Å². The Balaban J connectivity index is 1.48. The SMILES string of the molecule is O=C(NCc1ccccc1)c1nc(C(=O)NCCc2ccccc2)n2ccccc12. The normalized spacial score (nSPS) is 10.7. The van der Waals surface area contributed by atoms with Gasteiger partial charge in [0.25, 0.3) is 11.8 Å². The highest BCUT2D eigenvalue weighted by Crippen LogP contribution is 2.14. The predicted octanol–water partition coefficient (Wildman–Crippen LogP) is 3.24. The molecule has 6 nitrogen and oxygen atoms in total. The van der Waals surface area contributed by atoms with Gasteiger partial charge in [0, 0.05) is 19.3 Å². The van der Waals surface area contributed by atoms with Gasteiger partial charge in [0.05, 0.1) is 5.52 Å². The first-order chi connectivity index (χ1) is 14.7. The van der Waals surface area contributed by atoms with Crippen molar-refractivity contribution >= 4 is 17.3 Å². The highest BCUT2D eigenvalue weighted by atomic mass is 16.2. The molecule has 6 heteroatoms. The van der Waals surface area contributed by atoms with Crippen LogP contribution in [0, 0.1) is 0 Å². The van der Waals surface area contributed by atoms with Crippen LogP contribution in [0.4, 0.5) is 0 Å². The number of pyridine rings is 1. The Morgan fingerprint density at radius 2 is 1.43 bits per heavy atom. The smallest absolute Gasteiger partial charge is 0.287 e. The van der Waals surface area contributed by atoms with Gasteiger partial charge in [-0.1, -0.05) is 66.7 Å². The molecule has 2 aromatic heterocycles. The molecule has 2 N–H and O–H groups in total. The molecule has 150 valence electrons. The van der Waals surface area contributed by atoms with Gasteiger partial charge in [-0.05, 0) is 29.7 Å². The number of hydrogen-bond acceptors (Lipinski definition) is 3. The molecule has 30 heavy (non-hydrogen) atoms. The van der Waals surface area contributed by atoms with Crippen molar-refractivity contribution in [3.63, 3.8) is 0 Å². The van der Waals surface area contributed by atoms with Crippen molar-refractivity contribution in [1.82, 2.24) is 20.0 Å². The third kappa shape index (κ3) is 4.38. The second kappa shape index (κ2) is 9.05. The van der Waals surface area contributed by atoms with Crippen molar-refractivity contribution in [3.8, 4) is 0 Å². The Hall–Kier alpha value is -3.93. The molecule has 0 bridgehead atoms. The third-order valence-electron chi connectivity index (χ3n) is 4.80. The fourth-order valence-electron chi connectivity index (χ4n) is 3.27. The second-order valence-corrected chi connectivity index (χ2v) is 6.90. The van der Waals surface area contributed by atoms with Crippen molar-refractivity contribution in [2.75, 3.05) is 6.54 Å². The number of carbonyl (C=O) groups excluding carboxylic acids is 2. The largest absolute Gasteiger partial charge is 0.349 e. The van der Waals surface area contributed by atoms with Crippen molar-refractivity contribution in [3.05, 3.63) is 108 Å². The lowest BCUT2D eigenvalue weighted by atomic mass is 10.1. The topological polar surface area (TPSA) is 75.5 Å². The summed E-state index contributed by atoms with van der Waals surface area (Å²) in [5.41, 5.74) is 2.97. The van der Waals surface area contributed by atoms with E-state index in [9.17, 15) is 9.59 Å². The molecule has 4 aromatic rings. The van der Waals surface area contributed by atoms with Gasteiger partial charge >= 0.3 is 0 Å². The third-order valence-corrected chi connectivity index (χ3v) is 4.80. The zero-order valence-electron chi connectivity index (χ0n) is 16.4. The molecule has 0 radical (unpaired) electrons. The van der Waals surface area contributed by atoms with E-state index >= 15 is 0 Å². The molecule has 0 aliphatic rings. The minimum absolute atomic E-state index is 0.198. The number of nitrogens with one attached hydrogen (secondary N) is 2. The van der Waals surface area contributed by atoms with E-state index in [-0.39, 0.29) is 23.3 Å². The fraction of sp³-hybridized carbons (Fsp3) is 0.125. The van der Waals surface area contributed by atoms with Crippen molar-refractivity contribution in [2.24, 2.45) is 0 Å². The average molecular weight is 398 g/mol. The number of imidazole rings is 1. The summed E-state index contributed by atoms with van der Waals surface area (Å²) in [5.74, 6) is -0.427. The first-order valence-corrected chi connectivity index (χ1v) is 9.84. The molecule has 2 amide bonds. The minimum atomic E-state index is -0.314. The van der Waals surface area contributed by atoms with E-state index in [0.29, 0.717) is 18.6 Å². The Labute approximate surface area is 174 Å². The molecular formula is C24H22N4O2. The standard InChI is InChI=1S/C24H22N4O2/c29-23(26-17-19-11-5-2-6-12-19)21-20-13-7-8-16-28(20)22(27-21)24(30)25-15-14-18-9-3-1-4-10-18/h1-13,16H,14-15,17H2,(H,25,30)(H,26,29). The summed E-state index contributed by atoms with van der Waals surface area (Å²) in [5, 5.41) is 5.77. The van der Waals surface area contributed by atoms with E-state index in [0.717, 1.165) is 17.5 Å². The van der Waals surface area contributed by atoms with Gasteiger partial charge in [0.2, 0.25) is 5.82 Å². The van der Waals surface area contributed by atoms with E-state index in [1.807, 2.05) is 66.7 Å². The van der Waals surface area contributed by atoms with Gasteiger partial charge in [-0.25, -0.2) is 4.98 Å². The molecular weight excluding hydrogens is 376 g/mol. The van der Waals surface area contributed by atoms with Crippen LogP contribution < -0.4 is 10.6 Å². The summed E-state index contributed by atoms with van der Waals surface area (Å²) in [7, 11) is 0. The molecule has 0 atom stereocenters. The first kappa shape index (κ1) is 19.4. The lowest BCUT2D eigenvalue weighted by Gasteiger charge is -2.04. The van der Waals surface area contributed by atoms with Gasteiger partial charge in [0.1, 0.15) is 0 Å². The van der Waals surface area contributed by atoms with E-state index in [4.69, 9.17) is 0 Å². The maximum atomic E-state index is 12.7. The van der Waals surface area contributed by atoms with Gasteiger partial charge in [0.15, 0.2) is 5.69 Å². The molecule has 2 aromatic carbocycles. The van der Waals surface area contributed by atoms with E-state index in [1.54, 1.807) is 22.7 Å². The molecule has 0 spiro atoms. The molecule has 0 aliphatic carbocycles. The lowest BCUT2D eigenvalue weighted by molar-refractivity contribution is 0.0943. The number of fused-ring (bicyclic) bond motifs is 1. The van der Waals surface area contributed by atoms with Crippen LogP contribution in [0.3, 0.4) is 0 Å². The number of rotatable bonds is 7. The minimum Gasteiger partial charge on any atom is -0.349 e. The van der Waals surface area contributed by atoms with Crippen LogP contribution in [0.15, 0.2) is 85.1 Å². The molecule has 2 heterocycles. The predicted molar refractivity (Wildman–Crippen MR) is 115 cm³/mol. The summed E-state index contributed by atoms with van der Waals surface area (Å²) in [6.45, 7) is 0.879. The van der Waals surface area contributed by atoms with Crippen molar-refractivity contribution in [2.45, 2.75) is 13.0 Å². The maximum Gasteiger partial charge on any atom is 0.287 e. The number of aromatic nitrogens is 2. The van der Waals surface area contributed by atoms with Crippen LogP contribution in [-0.4, -0.2) is 27.7 Å². The summed E-state index contributed by atoms with van der Waals surface area (Å²) >= 11 is 0. The Bertz CT molecular complexity index is 1150. The first-order valence-electron chi connectivity index (χ1n) is 9.84. The van der Waals surface area contributed by atoms with E-state index < -0.39 is 0 Å². The van der Waals surface area contributed by atoms with Crippen molar-refractivity contribution in [1.29, 1.82) is 0 Å². The van der Waals surface area contributed by atoms with E-state index in [2.05, 4.69) is 15.6 Å². The fourth-order valence-corrected chi connectivity index (χ4v) is 3.27. The van der Waals surface area contributed by atoms with Crippen LogP contribution in [-0.2, 0) is 13.0 Å². The van der Waals surface area contributed by atoms with Crippen LogP contribution in [0.25, 0.3) is 5.52 Å². The Kier molecular flexibility index (Phi) is 5.85. The quantitative estimate of drug-likeness (QED) is 0.502. The van der Waals surface area contributed by atoms with Crippen LogP contribution in [0.2, 0.25) is 0 Å². The van der Waals surface area contributed by atoms with Crippen molar-refractivity contribution < 1.29 is 9.59 Å². The maximum absolute atomic E-state index is 12.7. The average Bonchev–Trinajstić information content (AvgIpc) is 3.19. The highest BCUT2D eigenvalue weighted by molar-refractivity contribution is 6.02. The zero-order chi connectivity index (χ0) is 20.8. The number of nitrogens with zero attached hydrogens (tertiary/aromatic N) is 2. The molecule has 0 unspecified atom stereocenters. The van der Waals surface area contributed by atoms with Gasteiger partial charge in [-0.15, -0.1) is 0 Å². The highest BCUT2D eigenvalue weighted by Gasteiger charge is 2.21. The summed E-state index contributed by atoms with van der Waals surface area (Å²) < 4.78 is 1.65. The Morgan fingerprint density at radius 1 is 0.767 bits per heavy atom. The molecule has 0 saturated carbocycles. The Morgan fingerprint density at radius 3 is 2.17 bits per heavy atom. The van der Waals surface area contributed by atoms with Crippen LogP contribution in [0.5, 0.6) is 0 Å². The zero-order valence-corrected chi connectivity index (χ0v) is 16.4. The lowest BCUT2D eigenvalue weighted by Crippen LogP contribution is -2.28. The molecule has 0 aliphatic heterocycles. The summed E-state index contributed by atoms with van der Waals surface area (Å²) in [6.07, 6.45) is 2.46. The number of amides is 2. The number of hydrogen-bond donors (Lipinski definition) is 2. The van der Waals surface area contributed by atoms with Crippen LogP contribution in [0.1, 0.15) is 32.2 Å². The van der Waals surface area contributed by atoms with Gasteiger partial charge in [-0.3, -0.25) is 14.0 Å². The van der Waals surface area contributed by atoms with Gasteiger partial charge in [-0.2, -0.15) is 0 Å². The molecule has 0 saturated heterocycles. The molecule has 0 fully saturated rings. The second-order valence-electron chi connectivity index (χ2n) is 6.90. The summed E-state index contributed by atoms with van der Waals surface area (Å²) in [4.78, 5) is 29.9. The van der Waals surface area contributed by atoms with Gasteiger partial charge < -0.3 is 10.6 Å².